The van der Waals surface area contributed by atoms with Crippen LogP contribution in [0.5, 0.6) is 0 Å². The van der Waals surface area contributed by atoms with Crippen molar-refractivity contribution in [2.75, 3.05) is 38.3 Å². The summed E-state index contributed by atoms with van der Waals surface area (Å²) in [4.78, 5) is 18.4. The molecule has 0 spiro atoms. The molecule has 100 valence electrons. The van der Waals surface area contributed by atoms with Gasteiger partial charge in [0.15, 0.2) is 5.82 Å². The highest BCUT2D eigenvalue weighted by molar-refractivity contribution is 5.36. The maximum Gasteiger partial charge on any atom is 0.293 e. The van der Waals surface area contributed by atoms with Crippen molar-refractivity contribution >= 4 is 5.82 Å². The second-order valence-corrected chi connectivity index (χ2v) is 4.46. The van der Waals surface area contributed by atoms with Crippen LogP contribution in [0.1, 0.15) is 18.9 Å². The van der Waals surface area contributed by atoms with Gasteiger partial charge in [0, 0.05) is 45.2 Å². The minimum Gasteiger partial charge on any atom is -0.383 e. The zero-order chi connectivity index (χ0) is 13.0. The molecule has 1 aliphatic rings. The lowest BCUT2D eigenvalue weighted by Crippen LogP contribution is -2.38. The Morgan fingerprint density at radius 1 is 1.56 bits per heavy atom. The van der Waals surface area contributed by atoms with Gasteiger partial charge in [-0.15, -0.1) is 0 Å². The Balaban J connectivity index is 2.22. The zero-order valence-corrected chi connectivity index (χ0v) is 10.7. The molecular weight excluding hydrogens is 232 g/mol. The molecule has 2 N–H and O–H groups in total. The molecule has 0 saturated heterocycles. The van der Waals surface area contributed by atoms with Gasteiger partial charge in [-0.25, -0.2) is 4.98 Å². The third kappa shape index (κ3) is 2.88. The van der Waals surface area contributed by atoms with E-state index in [9.17, 15) is 4.79 Å². The first-order valence-electron chi connectivity index (χ1n) is 6.29. The van der Waals surface area contributed by atoms with E-state index in [0.717, 1.165) is 12.8 Å². The average molecular weight is 252 g/mol. The van der Waals surface area contributed by atoms with E-state index < -0.39 is 0 Å². The van der Waals surface area contributed by atoms with Crippen LogP contribution in [0, 0.1) is 0 Å². The van der Waals surface area contributed by atoms with E-state index in [0.29, 0.717) is 38.1 Å². The number of methoxy groups -OCH3 is 1. The lowest BCUT2D eigenvalue weighted by molar-refractivity contribution is 0.205. The van der Waals surface area contributed by atoms with E-state index >= 15 is 0 Å². The van der Waals surface area contributed by atoms with Crippen LogP contribution in [0.25, 0.3) is 0 Å². The van der Waals surface area contributed by atoms with Crippen LogP contribution in [0.4, 0.5) is 5.82 Å². The van der Waals surface area contributed by atoms with Gasteiger partial charge in [-0.05, 0) is 12.8 Å². The molecule has 6 heteroatoms. The Kier molecular flexibility index (Phi) is 4.33. The van der Waals surface area contributed by atoms with Crippen LogP contribution in [0.2, 0.25) is 0 Å². The summed E-state index contributed by atoms with van der Waals surface area (Å²) >= 11 is 0. The van der Waals surface area contributed by atoms with Crippen LogP contribution in [-0.2, 0) is 4.74 Å². The van der Waals surface area contributed by atoms with Gasteiger partial charge in [0.1, 0.15) is 0 Å². The Morgan fingerprint density at radius 3 is 2.94 bits per heavy atom. The molecule has 0 aliphatic heterocycles. The highest BCUT2D eigenvalue weighted by atomic mass is 16.5. The highest BCUT2D eigenvalue weighted by Crippen LogP contribution is 2.33. The lowest BCUT2D eigenvalue weighted by atomic mass is 10.4. The predicted molar refractivity (Wildman–Crippen MR) is 69.9 cm³/mol. The summed E-state index contributed by atoms with van der Waals surface area (Å²) < 4.78 is 6.83. The Morgan fingerprint density at radius 2 is 2.33 bits per heavy atom. The summed E-state index contributed by atoms with van der Waals surface area (Å²) in [5.41, 5.74) is 5.56. The fourth-order valence-corrected chi connectivity index (χ4v) is 1.95. The number of hydrogen-bond donors (Lipinski definition) is 1. The predicted octanol–water partition coefficient (Wildman–Crippen LogP) is -0.0103. The first kappa shape index (κ1) is 13.0. The molecule has 0 bridgehead atoms. The number of hydrogen-bond acceptors (Lipinski definition) is 5. The monoisotopic (exact) mass is 252 g/mol. The highest BCUT2D eigenvalue weighted by Gasteiger charge is 2.26. The number of nitrogens with zero attached hydrogens (tertiary/aromatic N) is 3. The van der Waals surface area contributed by atoms with Gasteiger partial charge in [0.2, 0.25) is 0 Å². The molecule has 0 aromatic carbocycles. The Bertz CT molecular complexity index is 442. The van der Waals surface area contributed by atoms with E-state index in [4.69, 9.17) is 10.5 Å². The van der Waals surface area contributed by atoms with Crippen molar-refractivity contribution in [1.29, 1.82) is 0 Å². The van der Waals surface area contributed by atoms with Gasteiger partial charge in [0.25, 0.3) is 5.56 Å². The lowest BCUT2D eigenvalue weighted by Gasteiger charge is -2.22. The molecule has 6 nitrogen and oxygen atoms in total. The summed E-state index contributed by atoms with van der Waals surface area (Å²) in [5, 5.41) is 0. The quantitative estimate of drug-likeness (QED) is 0.739. The minimum atomic E-state index is -0.0236. The SMILES string of the molecule is COCCN(CCN)c1nccn(C2CC2)c1=O. The Hall–Kier alpha value is -1.40. The normalized spacial score (nSPS) is 14.8. The number of ether oxygens (including phenoxy) is 1. The van der Waals surface area contributed by atoms with Gasteiger partial charge >= 0.3 is 0 Å². The Labute approximate surface area is 106 Å². The van der Waals surface area contributed by atoms with Gasteiger partial charge in [-0.3, -0.25) is 4.79 Å². The van der Waals surface area contributed by atoms with Crippen molar-refractivity contribution in [2.45, 2.75) is 18.9 Å². The van der Waals surface area contributed by atoms with Crippen LogP contribution in [0.15, 0.2) is 17.2 Å². The number of rotatable bonds is 7. The molecule has 1 fully saturated rings. The fourth-order valence-electron chi connectivity index (χ4n) is 1.95. The van der Waals surface area contributed by atoms with Crippen LogP contribution >= 0.6 is 0 Å². The van der Waals surface area contributed by atoms with E-state index in [1.54, 1.807) is 24.1 Å². The maximum absolute atomic E-state index is 12.3. The summed E-state index contributed by atoms with van der Waals surface area (Å²) in [7, 11) is 1.64. The van der Waals surface area contributed by atoms with E-state index in [2.05, 4.69) is 4.98 Å². The van der Waals surface area contributed by atoms with Crippen molar-refractivity contribution in [3.05, 3.63) is 22.7 Å². The fraction of sp³-hybridized carbons (Fsp3) is 0.667. The average Bonchev–Trinajstić information content (AvgIpc) is 3.19. The van der Waals surface area contributed by atoms with Gasteiger partial charge in [-0.2, -0.15) is 0 Å². The van der Waals surface area contributed by atoms with Crippen molar-refractivity contribution in [3.63, 3.8) is 0 Å². The number of nitrogens with two attached hydrogens (primary N) is 1. The molecule has 0 amide bonds. The van der Waals surface area contributed by atoms with Crippen LogP contribution in [-0.4, -0.2) is 42.9 Å². The molecule has 1 heterocycles. The topological polar surface area (TPSA) is 73.4 Å². The van der Waals surface area contributed by atoms with Gasteiger partial charge in [0.05, 0.1) is 6.61 Å². The largest absolute Gasteiger partial charge is 0.383 e. The number of aromatic nitrogens is 2. The van der Waals surface area contributed by atoms with Crippen LogP contribution in [0.3, 0.4) is 0 Å². The first-order chi connectivity index (χ1) is 8.77. The van der Waals surface area contributed by atoms with E-state index in [1.165, 1.54) is 0 Å². The maximum atomic E-state index is 12.3. The zero-order valence-electron chi connectivity index (χ0n) is 10.7. The summed E-state index contributed by atoms with van der Waals surface area (Å²) in [6.07, 6.45) is 5.61. The third-order valence-electron chi connectivity index (χ3n) is 3.05. The molecule has 0 radical (unpaired) electrons. The molecule has 1 saturated carbocycles. The summed E-state index contributed by atoms with van der Waals surface area (Å²) in [6, 6.07) is 0.362. The summed E-state index contributed by atoms with van der Waals surface area (Å²) in [5.74, 6) is 0.479. The van der Waals surface area contributed by atoms with Crippen molar-refractivity contribution in [1.82, 2.24) is 9.55 Å². The van der Waals surface area contributed by atoms with Crippen molar-refractivity contribution in [2.24, 2.45) is 5.73 Å². The second kappa shape index (κ2) is 5.97. The number of anilines is 1. The van der Waals surface area contributed by atoms with E-state index in [-0.39, 0.29) is 5.56 Å². The smallest absolute Gasteiger partial charge is 0.293 e. The molecule has 1 aliphatic carbocycles. The molecule has 2 rings (SSSR count). The molecule has 0 atom stereocenters. The molecule has 18 heavy (non-hydrogen) atoms. The van der Waals surface area contributed by atoms with Crippen molar-refractivity contribution < 1.29 is 4.74 Å². The standard InChI is InChI=1S/C12H20N4O2/c1-18-9-8-15(6-4-13)11-12(17)16(7-5-14-11)10-2-3-10/h5,7,10H,2-4,6,8-9,13H2,1H3. The van der Waals surface area contributed by atoms with Crippen molar-refractivity contribution in [3.8, 4) is 0 Å². The van der Waals surface area contributed by atoms with Gasteiger partial charge in [-0.1, -0.05) is 0 Å². The minimum absolute atomic E-state index is 0.0236. The second-order valence-electron chi connectivity index (χ2n) is 4.46. The van der Waals surface area contributed by atoms with E-state index in [1.807, 2.05) is 4.90 Å². The van der Waals surface area contributed by atoms with Gasteiger partial charge < -0.3 is 19.9 Å². The molecule has 1 aromatic heterocycles. The summed E-state index contributed by atoms with van der Waals surface area (Å²) in [6.45, 7) is 2.29. The molecule has 0 unspecified atom stereocenters. The molecule has 1 aromatic rings. The third-order valence-corrected chi connectivity index (χ3v) is 3.05. The molecular formula is C12H20N4O2. The van der Waals surface area contributed by atoms with Crippen LogP contribution < -0.4 is 16.2 Å². The first-order valence-corrected chi connectivity index (χ1v) is 6.29.